The lowest BCUT2D eigenvalue weighted by atomic mass is 10.0. The minimum Gasteiger partial charge on any atom is -0.385 e. The Kier molecular flexibility index (Phi) is 6.16. The number of hydrogen-bond donors (Lipinski definition) is 2. The first-order chi connectivity index (χ1) is 15.0. The molecule has 162 valence electrons. The summed E-state index contributed by atoms with van der Waals surface area (Å²) in [5.41, 5.74) is 1.32. The van der Waals surface area contributed by atoms with Crippen molar-refractivity contribution in [2.24, 2.45) is 0 Å². The lowest BCUT2D eigenvalue weighted by Gasteiger charge is -2.12. The van der Waals surface area contributed by atoms with Gasteiger partial charge in [-0.1, -0.05) is 5.92 Å². The van der Waals surface area contributed by atoms with E-state index < -0.39 is 11.4 Å². The van der Waals surface area contributed by atoms with Crippen LogP contribution in [0.15, 0.2) is 24.7 Å². The Hall–Kier alpha value is -3.02. The molecule has 0 amide bonds. The summed E-state index contributed by atoms with van der Waals surface area (Å²) in [6.45, 7) is 1.32. The maximum Gasteiger partial charge on any atom is 0.223 e. The normalized spacial score (nSPS) is 15.1. The van der Waals surface area contributed by atoms with E-state index in [2.05, 4.69) is 32.1 Å². The monoisotopic (exact) mass is 423 g/mol. The molecule has 0 atom stereocenters. The van der Waals surface area contributed by atoms with Crippen molar-refractivity contribution in [1.29, 1.82) is 0 Å². The van der Waals surface area contributed by atoms with Crippen LogP contribution in [-0.2, 0) is 11.3 Å². The molecule has 3 heterocycles. The fourth-order valence-electron chi connectivity index (χ4n) is 3.95. The van der Waals surface area contributed by atoms with Gasteiger partial charge in [0.05, 0.1) is 17.9 Å². The number of nitrogens with zero attached hydrogens (tertiary/aromatic N) is 4. The largest absolute Gasteiger partial charge is 0.385 e. The van der Waals surface area contributed by atoms with Crippen LogP contribution in [0, 0.1) is 17.7 Å². The summed E-state index contributed by atoms with van der Waals surface area (Å²) in [6.07, 6.45) is 8.92. The molecule has 0 radical (unpaired) electrons. The van der Waals surface area contributed by atoms with Crippen LogP contribution in [0.3, 0.4) is 0 Å². The number of aliphatic hydroxyl groups is 1. The molecule has 0 aliphatic heterocycles. The summed E-state index contributed by atoms with van der Waals surface area (Å²) in [7, 11) is 3.36. The maximum absolute atomic E-state index is 14.7. The Labute approximate surface area is 180 Å². The molecular weight excluding hydrogens is 397 g/mol. The van der Waals surface area contributed by atoms with Gasteiger partial charge in [-0.25, -0.2) is 19.3 Å². The first kappa shape index (κ1) is 21.2. The van der Waals surface area contributed by atoms with Crippen LogP contribution in [0.4, 0.5) is 10.3 Å². The molecule has 1 aliphatic carbocycles. The minimum atomic E-state index is -0.938. The number of hydrogen-bond acceptors (Lipinski definition) is 6. The number of rotatable bonds is 6. The van der Waals surface area contributed by atoms with Crippen LogP contribution in [-0.4, -0.2) is 51.0 Å². The van der Waals surface area contributed by atoms with Crippen molar-refractivity contribution in [3.8, 4) is 23.1 Å². The molecule has 1 fully saturated rings. The topological polar surface area (TPSA) is 85.1 Å². The van der Waals surface area contributed by atoms with Crippen molar-refractivity contribution in [2.75, 3.05) is 26.1 Å². The number of aryl methyl sites for hydroxylation is 1. The van der Waals surface area contributed by atoms with E-state index in [4.69, 9.17) is 4.74 Å². The third-order valence-corrected chi connectivity index (χ3v) is 5.59. The van der Waals surface area contributed by atoms with Crippen molar-refractivity contribution >= 4 is 16.9 Å². The Morgan fingerprint density at radius 3 is 2.84 bits per heavy atom. The van der Waals surface area contributed by atoms with Crippen molar-refractivity contribution in [3.05, 3.63) is 36.2 Å². The molecule has 0 saturated heterocycles. The molecule has 1 aliphatic rings. The zero-order valence-corrected chi connectivity index (χ0v) is 17.8. The van der Waals surface area contributed by atoms with E-state index >= 15 is 0 Å². The molecule has 2 N–H and O–H groups in total. The van der Waals surface area contributed by atoms with E-state index in [1.54, 1.807) is 20.4 Å². The van der Waals surface area contributed by atoms with E-state index in [1.165, 1.54) is 6.20 Å². The van der Waals surface area contributed by atoms with Crippen LogP contribution < -0.4 is 5.32 Å². The van der Waals surface area contributed by atoms with Gasteiger partial charge < -0.3 is 19.7 Å². The highest BCUT2D eigenvalue weighted by molar-refractivity contribution is 5.95. The van der Waals surface area contributed by atoms with Crippen LogP contribution in [0.5, 0.6) is 0 Å². The molecule has 0 spiro atoms. The predicted octanol–water partition coefficient (Wildman–Crippen LogP) is 3.37. The Bertz CT molecular complexity index is 1140. The zero-order chi connectivity index (χ0) is 21.8. The first-order valence-electron chi connectivity index (χ1n) is 10.5. The predicted molar refractivity (Wildman–Crippen MR) is 117 cm³/mol. The number of halogens is 1. The quantitative estimate of drug-likeness (QED) is 0.467. The fourth-order valence-corrected chi connectivity index (χ4v) is 3.95. The Balaban J connectivity index is 1.80. The van der Waals surface area contributed by atoms with Crippen LogP contribution >= 0.6 is 0 Å². The number of ether oxygens (including phenoxy) is 1. The van der Waals surface area contributed by atoms with E-state index in [-0.39, 0.29) is 5.69 Å². The van der Waals surface area contributed by atoms with Crippen molar-refractivity contribution < 1.29 is 14.2 Å². The van der Waals surface area contributed by atoms with Crippen molar-refractivity contribution in [2.45, 2.75) is 44.2 Å². The van der Waals surface area contributed by atoms with Gasteiger partial charge in [0.2, 0.25) is 5.95 Å². The van der Waals surface area contributed by atoms with Gasteiger partial charge in [-0.3, -0.25) is 0 Å². The second kappa shape index (κ2) is 9.00. The number of anilines is 1. The van der Waals surface area contributed by atoms with Gasteiger partial charge in [-0.2, -0.15) is 0 Å². The molecule has 3 aromatic heterocycles. The maximum atomic E-state index is 14.7. The van der Waals surface area contributed by atoms with Gasteiger partial charge in [-0.05, 0) is 44.1 Å². The SMILES string of the molecule is CNc1ncc(F)c(-c2cn(CCCOC)c3cnc(C#CC4(O)CCCC4)cc23)n1. The Morgan fingerprint density at radius 2 is 2.10 bits per heavy atom. The highest BCUT2D eigenvalue weighted by Crippen LogP contribution is 2.32. The summed E-state index contributed by atoms with van der Waals surface area (Å²) >= 11 is 0. The minimum absolute atomic E-state index is 0.217. The molecule has 0 bridgehead atoms. The third kappa shape index (κ3) is 4.53. The summed E-state index contributed by atoms with van der Waals surface area (Å²) in [5, 5.41) is 14.2. The highest BCUT2D eigenvalue weighted by atomic mass is 19.1. The summed E-state index contributed by atoms with van der Waals surface area (Å²) in [4.78, 5) is 12.8. The van der Waals surface area contributed by atoms with Gasteiger partial charge in [0, 0.05) is 44.5 Å². The van der Waals surface area contributed by atoms with Gasteiger partial charge >= 0.3 is 0 Å². The van der Waals surface area contributed by atoms with E-state index in [0.29, 0.717) is 43.2 Å². The van der Waals surface area contributed by atoms with Gasteiger partial charge in [0.25, 0.3) is 0 Å². The second-order valence-electron chi connectivity index (χ2n) is 7.80. The zero-order valence-electron chi connectivity index (χ0n) is 17.8. The van der Waals surface area contributed by atoms with Crippen LogP contribution in [0.1, 0.15) is 37.8 Å². The smallest absolute Gasteiger partial charge is 0.223 e. The van der Waals surface area contributed by atoms with Crippen LogP contribution in [0.2, 0.25) is 0 Å². The summed E-state index contributed by atoms with van der Waals surface area (Å²) < 4.78 is 21.9. The molecule has 4 rings (SSSR count). The number of aromatic nitrogens is 4. The fraction of sp³-hybridized carbons (Fsp3) is 0.435. The van der Waals surface area contributed by atoms with Crippen LogP contribution in [0.25, 0.3) is 22.2 Å². The number of nitrogens with one attached hydrogen (secondary N) is 1. The highest BCUT2D eigenvalue weighted by Gasteiger charge is 2.28. The third-order valence-electron chi connectivity index (χ3n) is 5.59. The number of fused-ring (bicyclic) bond motifs is 1. The Morgan fingerprint density at radius 1 is 1.29 bits per heavy atom. The van der Waals surface area contributed by atoms with Gasteiger partial charge in [-0.15, -0.1) is 0 Å². The number of pyridine rings is 1. The summed E-state index contributed by atoms with van der Waals surface area (Å²) in [6, 6.07) is 1.84. The lowest BCUT2D eigenvalue weighted by molar-refractivity contribution is 0.110. The van der Waals surface area contributed by atoms with E-state index in [9.17, 15) is 9.50 Å². The molecule has 0 unspecified atom stereocenters. The van der Waals surface area contributed by atoms with E-state index in [1.807, 2.05) is 16.8 Å². The molecule has 0 aromatic carbocycles. The average Bonchev–Trinajstić information content (AvgIpc) is 3.37. The number of methoxy groups -OCH3 is 1. The van der Waals surface area contributed by atoms with Gasteiger partial charge in [0.15, 0.2) is 5.82 Å². The molecule has 3 aromatic rings. The molecular formula is C23H26FN5O2. The second-order valence-corrected chi connectivity index (χ2v) is 7.80. The van der Waals surface area contributed by atoms with Gasteiger partial charge in [0.1, 0.15) is 17.0 Å². The van der Waals surface area contributed by atoms with Crippen molar-refractivity contribution in [3.63, 3.8) is 0 Å². The molecule has 8 heteroatoms. The van der Waals surface area contributed by atoms with Crippen molar-refractivity contribution in [1.82, 2.24) is 19.5 Å². The summed E-state index contributed by atoms with van der Waals surface area (Å²) in [5.74, 6) is 5.85. The van der Waals surface area contributed by atoms with E-state index in [0.717, 1.165) is 30.2 Å². The lowest BCUT2D eigenvalue weighted by Crippen LogP contribution is -2.20. The first-order valence-corrected chi connectivity index (χ1v) is 10.5. The molecule has 7 nitrogen and oxygen atoms in total. The molecule has 1 saturated carbocycles. The molecule has 31 heavy (non-hydrogen) atoms. The average molecular weight is 423 g/mol. The standard InChI is InChI=1S/C23H26FN5O2/c1-25-22-27-13-19(24)21(28-22)18-15-29(10-5-11-31-2)20-14-26-16(12-17(18)20)6-9-23(30)7-3-4-8-23/h12-15,30H,3-5,7-8,10-11H2,1-2H3,(H,25,27,28).